The van der Waals surface area contributed by atoms with Crippen molar-refractivity contribution in [2.45, 2.75) is 57.5 Å². The van der Waals surface area contributed by atoms with Gasteiger partial charge in [-0.2, -0.15) is 4.98 Å². The van der Waals surface area contributed by atoms with Crippen molar-refractivity contribution in [3.8, 4) is 0 Å². The van der Waals surface area contributed by atoms with Crippen molar-refractivity contribution in [2.24, 2.45) is 11.3 Å². The van der Waals surface area contributed by atoms with Gasteiger partial charge in [0.25, 0.3) is 0 Å². The van der Waals surface area contributed by atoms with E-state index in [1.807, 2.05) is 6.07 Å². The third-order valence-corrected chi connectivity index (χ3v) is 9.04. The van der Waals surface area contributed by atoms with Gasteiger partial charge in [0.2, 0.25) is 11.9 Å². The van der Waals surface area contributed by atoms with Crippen molar-refractivity contribution in [3.63, 3.8) is 0 Å². The molecule has 6 rings (SSSR count). The van der Waals surface area contributed by atoms with Crippen molar-refractivity contribution in [2.75, 3.05) is 48.8 Å². The van der Waals surface area contributed by atoms with Crippen LogP contribution in [-0.2, 0) is 4.79 Å². The normalized spacial score (nSPS) is 27.2. The maximum atomic E-state index is 14.9. The van der Waals surface area contributed by atoms with Crippen LogP contribution in [0.2, 0.25) is 0 Å². The number of carbonyl (C=O) groups is 1. The van der Waals surface area contributed by atoms with Crippen molar-refractivity contribution < 1.29 is 9.18 Å². The lowest BCUT2D eigenvalue weighted by atomic mass is 9.73. The van der Waals surface area contributed by atoms with Crippen LogP contribution >= 0.6 is 0 Å². The first-order valence-electron chi connectivity index (χ1n) is 14.0. The molecule has 0 radical (unpaired) electrons. The summed E-state index contributed by atoms with van der Waals surface area (Å²) in [5, 5.41) is 9.85. The van der Waals surface area contributed by atoms with Crippen LogP contribution in [0.1, 0.15) is 44.1 Å². The second kappa shape index (κ2) is 10.2. The van der Waals surface area contributed by atoms with Crippen LogP contribution in [0.25, 0.3) is 0 Å². The third-order valence-electron chi connectivity index (χ3n) is 9.04. The summed E-state index contributed by atoms with van der Waals surface area (Å²) in [5.74, 6) is 0.218. The number of fused-ring (bicyclic) bond motifs is 2. The Morgan fingerprint density at radius 3 is 2.71 bits per heavy atom. The largest absolute Gasteiger partial charge is 0.369 e. The Kier molecular flexibility index (Phi) is 6.72. The number of anilines is 4. The molecule has 3 atom stereocenters. The fraction of sp³-hybridized carbons (Fsp3) is 0.552. The molecule has 0 unspecified atom stereocenters. The lowest BCUT2D eigenvalue weighted by molar-refractivity contribution is -0.132. The topological polar surface area (TPSA) is 85.4 Å². The Morgan fingerprint density at radius 2 is 1.97 bits per heavy atom. The molecule has 3 N–H and O–H groups in total. The number of nitrogens with one attached hydrogen (secondary N) is 3. The van der Waals surface area contributed by atoms with E-state index < -0.39 is 11.2 Å². The average molecular weight is 520 g/mol. The second-order valence-electron chi connectivity index (χ2n) is 11.5. The second-order valence-corrected chi connectivity index (χ2v) is 11.5. The quantitative estimate of drug-likeness (QED) is 0.472. The number of amides is 1. The molecular formula is C29H38FN7O. The fourth-order valence-corrected chi connectivity index (χ4v) is 6.46. The molecule has 0 spiro atoms. The van der Waals surface area contributed by atoms with E-state index >= 15 is 0 Å². The molecule has 2 saturated carbocycles. The zero-order valence-electron chi connectivity index (χ0n) is 22.3. The molecule has 1 aromatic carbocycles. The zero-order chi connectivity index (χ0) is 26.3. The number of nitrogens with zero attached hydrogens (tertiary/aromatic N) is 4. The predicted molar refractivity (Wildman–Crippen MR) is 148 cm³/mol. The van der Waals surface area contributed by atoms with Crippen molar-refractivity contribution in [1.29, 1.82) is 0 Å². The highest BCUT2D eigenvalue weighted by molar-refractivity contribution is 5.85. The first kappa shape index (κ1) is 25.1. The number of benzene rings is 1. The van der Waals surface area contributed by atoms with Gasteiger partial charge < -0.3 is 25.8 Å². The number of allylic oxidation sites excluding steroid dienone is 1. The minimum atomic E-state index is -0.573. The Balaban J connectivity index is 1.18. The third kappa shape index (κ3) is 4.72. The van der Waals surface area contributed by atoms with Gasteiger partial charge in [0.05, 0.1) is 11.6 Å². The van der Waals surface area contributed by atoms with Crippen LogP contribution in [0.5, 0.6) is 0 Å². The van der Waals surface area contributed by atoms with Gasteiger partial charge >= 0.3 is 0 Å². The number of halogens is 1. The van der Waals surface area contributed by atoms with Crippen molar-refractivity contribution in [3.05, 3.63) is 47.9 Å². The molecule has 1 aliphatic heterocycles. The van der Waals surface area contributed by atoms with Gasteiger partial charge in [0.1, 0.15) is 0 Å². The molecule has 4 aliphatic rings. The van der Waals surface area contributed by atoms with E-state index in [4.69, 9.17) is 0 Å². The van der Waals surface area contributed by atoms with E-state index in [0.29, 0.717) is 12.4 Å². The van der Waals surface area contributed by atoms with Crippen molar-refractivity contribution >= 4 is 29.0 Å². The van der Waals surface area contributed by atoms with Gasteiger partial charge in [-0.1, -0.05) is 12.2 Å². The Hall–Kier alpha value is -3.20. The summed E-state index contributed by atoms with van der Waals surface area (Å²) in [4.78, 5) is 26.9. The number of hydrogen-bond acceptors (Lipinski definition) is 7. The number of aryl methyl sites for hydroxylation is 1. The number of aromatic nitrogens is 2. The Morgan fingerprint density at radius 1 is 1.16 bits per heavy atom. The predicted octanol–water partition coefficient (Wildman–Crippen LogP) is 4.23. The number of rotatable bonds is 7. The first-order chi connectivity index (χ1) is 18.4. The molecular weight excluding hydrogens is 481 g/mol. The molecule has 1 amide bonds. The summed E-state index contributed by atoms with van der Waals surface area (Å²) < 4.78 is 14.9. The summed E-state index contributed by atoms with van der Waals surface area (Å²) >= 11 is 0. The van der Waals surface area contributed by atoms with E-state index in [1.165, 1.54) is 23.9 Å². The molecule has 3 aliphatic carbocycles. The molecule has 1 saturated heterocycles. The molecule has 38 heavy (non-hydrogen) atoms. The molecule has 1 aromatic heterocycles. The van der Waals surface area contributed by atoms with Crippen molar-refractivity contribution in [1.82, 2.24) is 20.2 Å². The van der Waals surface area contributed by atoms with Crippen LogP contribution in [0.4, 0.5) is 27.5 Å². The van der Waals surface area contributed by atoms with Gasteiger partial charge in [-0.15, -0.1) is 0 Å². The van der Waals surface area contributed by atoms with E-state index in [1.54, 1.807) is 0 Å². The first-order valence-corrected chi connectivity index (χ1v) is 14.0. The highest BCUT2D eigenvalue weighted by Gasteiger charge is 2.54. The van der Waals surface area contributed by atoms with Gasteiger partial charge in [0, 0.05) is 49.6 Å². The lowest BCUT2D eigenvalue weighted by Crippen LogP contribution is -2.54. The van der Waals surface area contributed by atoms with Gasteiger partial charge in [-0.25, -0.2) is 9.37 Å². The molecule has 202 valence electrons. The van der Waals surface area contributed by atoms with Gasteiger partial charge in [-0.05, 0) is 82.2 Å². The smallest absolute Gasteiger partial charge is 0.229 e. The summed E-state index contributed by atoms with van der Waals surface area (Å²) in [6, 6.07) is 6.31. The van der Waals surface area contributed by atoms with E-state index in [2.05, 4.69) is 74.0 Å². The number of hydrogen-bond donors (Lipinski definition) is 3. The summed E-state index contributed by atoms with van der Waals surface area (Å²) in [5.41, 5.74) is 2.69. The van der Waals surface area contributed by atoms with Crippen LogP contribution in [-0.4, -0.2) is 66.1 Å². The van der Waals surface area contributed by atoms with Crippen LogP contribution in [0, 0.1) is 24.1 Å². The van der Waals surface area contributed by atoms with Crippen LogP contribution in [0.15, 0.2) is 36.5 Å². The average Bonchev–Trinajstić information content (AvgIpc) is 3.07. The highest BCUT2D eigenvalue weighted by atomic mass is 19.1. The SMILES string of the molecule is Cc1cc(Nc2ncc(F)c(N[C@@H]3[C@H]4C=CC[C@]3(C(=O)NC3CCC3)CC4)n2)ccc1N1CCN(C)CC1. The molecule has 2 heterocycles. The molecule has 8 nitrogen and oxygen atoms in total. The van der Waals surface area contributed by atoms with Gasteiger partial charge in [0.15, 0.2) is 11.6 Å². The molecule has 2 aromatic rings. The van der Waals surface area contributed by atoms with E-state index in [-0.39, 0.29) is 29.7 Å². The van der Waals surface area contributed by atoms with E-state index in [9.17, 15) is 9.18 Å². The Labute approximate surface area is 224 Å². The summed E-state index contributed by atoms with van der Waals surface area (Å²) in [7, 11) is 2.16. The Bertz CT molecular complexity index is 1220. The number of carbonyl (C=O) groups excluding carboxylic acids is 1. The summed E-state index contributed by atoms with van der Waals surface area (Å²) in [6.45, 7) is 6.24. The maximum absolute atomic E-state index is 14.9. The lowest BCUT2D eigenvalue weighted by Gasteiger charge is -2.40. The van der Waals surface area contributed by atoms with Crippen LogP contribution in [0.3, 0.4) is 0 Å². The minimum Gasteiger partial charge on any atom is -0.369 e. The van der Waals surface area contributed by atoms with Crippen LogP contribution < -0.4 is 20.9 Å². The van der Waals surface area contributed by atoms with E-state index in [0.717, 1.165) is 57.5 Å². The molecule has 2 bridgehead atoms. The minimum absolute atomic E-state index is 0.0929. The zero-order valence-corrected chi connectivity index (χ0v) is 22.3. The van der Waals surface area contributed by atoms with Gasteiger partial charge in [-0.3, -0.25) is 4.79 Å². The standard InChI is InChI=1S/C29H38FN7O/c1-19-17-22(8-9-24(19)37-15-13-36(2)14-16-37)33-28-31-18-23(30)26(35-28)34-25-20-5-4-11-29(25,12-10-20)27(38)32-21-6-3-7-21/h4-5,8-9,17-18,20-21,25H,3,6-7,10-16H2,1-2H3,(H,32,38)(H2,31,33,34,35)/t20-,25+,29-/m0/s1. The number of likely N-dealkylation sites (N-methyl/N-ethyl adjacent to an activating group) is 1. The monoisotopic (exact) mass is 519 g/mol. The fourth-order valence-electron chi connectivity index (χ4n) is 6.46. The summed E-state index contributed by atoms with van der Waals surface area (Å²) in [6.07, 6.45) is 11.1. The highest BCUT2D eigenvalue weighted by Crippen LogP contribution is 2.50. The molecule has 9 heteroatoms. The number of piperazine rings is 1. The maximum Gasteiger partial charge on any atom is 0.229 e. The molecule has 3 fully saturated rings.